The van der Waals surface area contributed by atoms with E-state index in [9.17, 15) is 56.7 Å². The van der Waals surface area contributed by atoms with Crippen molar-refractivity contribution < 1.29 is 75.7 Å². The molecule has 0 aliphatic carbocycles. The highest BCUT2D eigenvalue weighted by molar-refractivity contribution is 7.86. The average molecular weight is 1130 g/mol. The van der Waals surface area contributed by atoms with Crippen molar-refractivity contribution in [3.63, 3.8) is 0 Å². The summed E-state index contributed by atoms with van der Waals surface area (Å²) >= 11 is 6.78. The third-order valence-electron chi connectivity index (χ3n) is 14.3. The maximum absolute atomic E-state index is 14.3. The summed E-state index contributed by atoms with van der Waals surface area (Å²) < 4.78 is 58.3. The third kappa shape index (κ3) is 14.5. The highest BCUT2D eigenvalue weighted by atomic mass is 35.5. The highest BCUT2D eigenvalue weighted by Gasteiger charge is 2.64. The topological polar surface area (TPSA) is 309 Å². The number of hydrogen-bond donors (Lipinski definition) is 6. The summed E-state index contributed by atoms with van der Waals surface area (Å²) in [4.78, 5) is 91.9. The lowest BCUT2D eigenvalue weighted by Gasteiger charge is -2.41. The molecule has 4 bridgehead atoms. The third-order valence-corrected chi connectivity index (χ3v) is 15.6. The van der Waals surface area contributed by atoms with Gasteiger partial charge in [0.2, 0.25) is 11.8 Å². The molecule has 7 rings (SSSR count). The van der Waals surface area contributed by atoms with Crippen molar-refractivity contribution in [1.82, 2.24) is 15.6 Å². The number of anilines is 2. The first kappa shape index (κ1) is 59.4. The number of aliphatic hydroxyl groups is 2. The molecule has 2 saturated heterocycles. The standard InChI is InChI=1S/C55H63ClN6O16S/c1-31-11-10-12-43(63)55(71)30-41(76-53(70)58-55)32(2)51-54(4,78-51)44(29-48(67)61(5)39-26-35(25-31)27-40(75-6)50(39)56)77-49(68)23-16-34-14-17-36(18-15-34)33(3)59-60-52(69)38-20-19-37(28-42(38)79(72,73)74)57-45(64)13-8-7-9-24-62-46(65)21-22-47(62)66/h10-12,14-15,17-22,26-28,32,41,43-44,51,63,71H,7-9,13,16,23-25,29-30H2,1-6H3,(H,57,64)(H,58,70)(H,60,69)(H,72,73,74)/b12-10+,31-11+,59-33+/t32-,41?,43-,44+,51+,54+,55+/m1/s1. The molecule has 22 nitrogen and oxygen atoms in total. The number of amides is 6. The number of esters is 1. The molecule has 3 aromatic carbocycles. The molecule has 1 unspecified atom stereocenters. The number of hydrogen-bond acceptors (Lipinski definition) is 16. The van der Waals surface area contributed by atoms with Crippen LogP contribution in [0.1, 0.15) is 99.7 Å². The number of nitrogens with zero attached hydrogens (tertiary/aromatic N) is 3. The van der Waals surface area contributed by atoms with E-state index in [-0.39, 0.29) is 49.4 Å². The summed E-state index contributed by atoms with van der Waals surface area (Å²) in [5.74, 6) is -3.68. The van der Waals surface area contributed by atoms with Crippen molar-refractivity contribution in [2.75, 3.05) is 30.9 Å². The lowest BCUT2D eigenvalue weighted by atomic mass is 9.83. The Morgan fingerprint density at radius 3 is 2.39 bits per heavy atom. The molecular weight excluding hydrogens is 1070 g/mol. The number of carbonyl (C=O) groups excluding carboxylic acids is 7. The molecule has 3 aromatic rings. The van der Waals surface area contributed by atoms with Gasteiger partial charge in [0.05, 0.1) is 36.6 Å². The Balaban J connectivity index is 0.990. The number of unbranched alkanes of at least 4 members (excludes halogenated alkanes) is 2. The van der Waals surface area contributed by atoms with Gasteiger partial charge < -0.3 is 39.4 Å². The molecular formula is C55H63ClN6O16S. The fraction of sp³-hybridized carbons (Fsp3) is 0.418. The van der Waals surface area contributed by atoms with Crippen LogP contribution in [0, 0.1) is 5.92 Å². The molecule has 0 aromatic heterocycles. The summed E-state index contributed by atoms with van der Waals surface area (Å²) in [5.41, 5.74) is 1.92. The average Bonchev–Trinajstić information content (AvgIpc) is 4.13. The van der Waals surface area contributed by atoms with Gasteiger partial charge in [-0.25, -0.2) is 10.2 Å². The molecule has 2 fully saturated rings. The van der Waals surface area contributed by atoms with E-state index in [0.717, 1.165) is 28.2 Å². The molecule has 0 spiro atoms. The van der Waals surface area contributed by atoms with E-state index in [1.54, 1.807) is 76.4 Å². The number of nitrogens with one attached hydrogen (secondary N) is 3. The second-order valence-electron chi connectivity index (χ2n) is 20.1. The first-order valence-corrected chi connectivity index (χ1v) is 27.2. The quantitative estimate of drug-likeness (QED) is 0.0197. The van der Waals surface area contributed by atoms with Crippen molar-refractivity contribution >= 4 is 80.4 Å². The summed E-state index contributed by atoms with van der Waals surface area (Å²) in [6.45, 7) is 7.05. The van der Waals surface area contributed by atoms with Crippen LogP contribution in [0.15, 0.2) is 101 Å². The van der Waals surface area contributed by atoms with Crippen LogP contribution in [0.4, 0.5) is 16.2 Å². The Morgan fingerprint density at radius 1 is 1.00 bits per heavy atom. The molecule has 0 saturated carbocycles. The number of rotatable bonds is 16. The van der Waals surface area contributed by atoms with Gasteiger partial charge in [-0.1, -0.05) is 73.0 Å². The van der Waals surface area contributed by atoms with Crippen molar-refractivity contribution in [2.45, 2.75) is 126 Å². The SMILES string of the molecule is COc1cc2cc(c1Cl)N(C)C(=O)C[C@H](OC(=O)CCc1ccc(/C(C)=N/NC(=O)c3ccc(NC(=O)CCCCCN4C(=O)C=CC4=O)cc3S(=O)(=O)O)cc1)[C@]1(C)O[C@H]1[C@H](C)C1C[C@@](O)(NC(=O)O1)[C@H](O)/C=C/C=C(\C)C2. The molecule has 6 N–H and O–H groups in total. The molecule has 422 valence electrons. The maximum Gasteiger partial charge on any atom is 0.409 e. The smallest absolute Gasteiger partial charge is 0.409 e. The number of carbonyl (C=O) groups is 7. The monoisotopic (exact) mass is 1130 g/mol. The number of imide groups is 1. The number of aliphatic hydroxyl groups excluding tert-OH is 1. The molecule has 6 amide bonds. The number of benzene rings is 3. The van der Waals surface area contributed by atoms with Gasteiger partial charge in [0.25, 0.3) is 27.8 Å². The van der Waals surface area contributed by atoms with Crippen LogP contribution in [-0.2, 0) is 61.1 Å². The van der Waals surface area contributed by atoms with E-state index in [2.05, 4.69) is 21.2 Å². The van der Waals surface area contributed by atoms with Gasteiger partial charge in [0.15, 0.2) is 5.72 Å². The highest BCUT2D eigenvalue weighted by Crippen LogP contribution is 2.49. The zero-order valence-corrected chi connectivity index (χ0v) is 45.9. The number of allylic oxidation sites excluding steroid dienone is 3. The zero-order chi connectivity index (χ0) is 57.6. The molecule has 0 radical (unpaired) electrons. The van der Waals surface area contributed by atoms with E-state index >= 15 is 0 Å². The Hall–Kier alpha value is -7.28. The lowest BCUT2D eigenvalue weighted by molar-refractivity contribution is -0.154. The normalized spacial score (nSPS) is 25.6. The second kappa shape index (κ2) is 24.8. The van der Waals surface area contributed by atoms with Crippen LogP contribution >= 0.6 is 11.6 Å². The Bertz CT molecular complexity index is 3130. The number of hydrazone groups is 1. The predicted octanol–water partition coefficient (Wildman–Crippen LogP) is 5.47. The number of ether oxygens (including phenoxy) is 4. The lowest BCUT2D eigenvalue weighted by Crippen LogP contribution is -2.63. The van der Waals surface area contributed by atoms with E-state index < -0.39 is 104 Å². The number of halogens is 1. The van der Waals surface area contributed by atoms with E-state index in [4.69, 9.17) is 30.5 Å². The molecule has 24 heteroatoms. The van der Waals surface area contributed by atoms with E-state index in [1.165, 1.54) is 36.3 Å². The van der Waals surface area contributed by atoms with Crippen LogP contribution in [0.2, 0.25) is 5.02 Å². The molecule has 4 aliphatic rings. The van der Waals surface area contributed by atoms with Crippen molar-refractivity contribution in [1.29, 1.82) is 0 Å². The number of fused-ring (bicyclic) bond motifs is 5. The van der Waals surface area contributed by atoms with Crippen LogP contribution in [0.25, 0.3) is 0 Å². The number of epoxide rings is 1. The van der Waals surface area contributed by atoms with Gasteiger partial charge in [-0.2, -0.15) is 13.5 Å². The minimum absolute atomic E-state index is 0.00237. The zero-order valence-electron chi connectivity index (χ0n) is 44.3. The summed E-state index contributed by atoms with van der Waals surface area (Å²) in [5, 5.41) is 31.8. The first-order valence-electron chi connectivity index (χ1n) is 25.4. The maximum atomic E-state index is 14.3. The minimum Gasteiger partial charge on any atom is -0.495 e. The molecule has 4 aliphatic heterocycles. The van der Waals surface area contributed by atoms with E-state index in [0.29, 0.717) is 54.0 Å². The predicted molar refractivity (Wildman–Crippen MR) is 288 cm³/mol. The number of methoxy groups -OCH3 is 1. The Labute approximate surface area is 461 Å². The first-order chi connectivity index (χ1) is 37.3. The largest absolute Gasteiger partial charge is 0.495 e. The fourth-order valence-electron chi connectivity index (χ4n) is 9.59. The van der Waals surface area contributed by atoms with Crippen LogP contribution in [-0.4, -0.2) is 132 Å². The summed E-state index contributed by atoms with van der Waals surface area (Å²) in [7, 11) is -1.97. The summed E-state index contributed by atoms with van der Waals surface area (Å²) in [6.07, 6.45) is 2.96. The van der Waals surface area contributed by atoms with Crippen LogP contribution < -0.4 is 25.7 Å². The molecule has 4 heterocycles. The van der Waals surface area contributed by atoms with Gasteiger partial charge in [0, 0.05) is 56.6 Å². The van der Waals surface area contributed by atoms with Gasteiger partial charge in [-0.15, -0.1) is 0 Å². The second-order valence-corrected chi connectivity index (χ2v) is 21.9. The van der Waals surface area contributed by atoms with Crippen molar-refractivity contribution in [2.24, 2.45) is 11.0 Å². The molecule has 7 atom stereocenters. The van der Waals surface area contributed by atoms with Gasteiger partial charge in [-0.05, 0) is 93.5 Å². The van der Waals surface area contributed by atoms with Gasteiger partial charge >= 0.3 is 12.1 Å². The van der Waals surface area contributed by atoms with Crippen LogP contribution in [0.3, 0.4) is 0 Å². The van der Waals surface area contributed by atoms with Crippen molar-refractivity contribution in [3.05, 3.63) is 118 Å². The van der Waals surface area contributed by atoms with Gasteiger partial charge in [-0.3, -0.25) is 43.5 Å². The minimum atomic E-state index is -4.97. The summed E-state index contributed by atoms with van der Waals surface area (Å²) in [6, 6.07) is 13.6. The van der Waals surface area contributed by atoms with E-state index in [1.807, 2.05) is 6.92 Å². The number of aryl methyl sites for hydroxylation is 1. The fourth-order valence-corrected chi connectivity index (χ4v) is 10.6. The Kier molecular flexibility index (Phi) is 18.6. The Morgan fingerprint density at radius 2 is 1.71 bits per heavy atom. The van der Waals surface area contributed by atoms with Crippen LogP contribution in [0.5, 0.6) is 5.75 Å². The molecule has 79 heavy (non-hydrogen) atoms. The van der Waals surface area contributed by atoms with Gasteiger partial charge in [0.1, 0.15) is 39.6 Å². The van der Waals surface area contributed by atoms with Crippen molar-refractivity contribution in [3.8, 4) is 5.75 Å². The number of alkyl carbamates (subject to hydrolysis) is 1.